The summed E-state index contributed by atoms with van der Waals surface area (Å²) >= 11 is 1.62. The molecule has 3 heterocycles. The maximum atomic E-state index is 11.2. The highest BCUT2D eigenvalue weighted by Gasteiger charge is 2.33. The van der Waals surface area contributed by atoms with Crippen LogP contribution in [0.15, 0.2) is 17.2 Å². The van der Waals surface area contributed by atoms with Crippen LogP contribution in [-0.2, 0) is 9.53 Å². The van der Waals surface area contributed by atoms with Crippen molar-refractivity contribution in [3.05, 3.63) is 12.3 Å². The molecule has 0 amide bonds. The van der Waals surface area contributed by atoms with Gasteiger partial charge in [0.25, 0.3) is 0 Å². The highest BCUT2D eigenvalue weighted by molar-refractivity contribution is 7.99. The second-order valence-corrected chi connectivity index (χ2v) is 6.07. The first-order valence-electron chi connectivity index (χ1n) is 6.87. The number of esters is 1. The van der Waals surface area contributed by atoms with Gasteiger partial charge in [-0.05, 0) is 18.9 Å². The fourth-order valence-corrected chi connectivity index (χ4v) is 3.61. The SMILES string of the molecule is COC(=O)CCSc1ccnc2c1OC[C@@H]1CCCN21. The summed E-state index contributed by atoms with van der Waals surface area (Å²) in [5.41, 5.74) is 0. The van der Waals surface area contributed by atoms with E-state index in [1.165, 1.54) is 20.0 Å². The van der Waals surface area contributed by atoms with Crippen LogP contribution < -0.4 is 9.64 Å². The summed E-state index contributed by atoms with van der Waals surface area (Å²) in [7, 11) is 1.41. The second-order valence-electron chi connectivity index (χ2n) is 4.94. The number of anilines is 1. The van der Waals surface area contributed by atoms with E-state index in [0.29, 0.717) is 18.2 Å². The molecule has 0 bridgehead atoms. The van der Waals surface area contributed by atoms with E-state index in [1.807, 2.05) is 12.3 Å². The number of thioether (sulfide) groups is 1. The molecule has 6 heteroatoms. The maximum Gasteiger partial charge on any atom is 0.306 e. The fraction of sp³-hybridized carbons (Fsp3) is 0.571. The van der Waals surface area contributed by atoms with Gasteiger partial charge in [0.05, 0.1) is 24.5 Å². The third-order valence-electron chi connectivity index (χ3n) is 3.71. The Hall–Kier alpha value is -1.43. The van der Waals surface area contributed by atoms with Crippen molar-refractivity contribution < 1.29 is 14.3 Å². The molecule has 0 saturated carbocycles. The molecular weight excluding hydrogens is 276 g/mol. The molecule has 0 aliphatic carbocycles. The number of methoxy groups -OCH3 is 1. The van der Waals surface area contributed by atoms with E-state index in [-0.39, 0.29) is 5.97 Å². The molecule has 1 saturated heterocycles. The van der Waals surface area contributed by atoms with E-state index in [4.69, 9.17) is 4.74 Å². The maximum absolute atomic E-state index is 11.2. The summed E-state index contributed by atoms with van der Waals surface area (Å²) < 4.78 is 10.6. The number of hydrogen-bond acceptors (Lipinski definition) is 6. The Morgan fingerprint density at radius 3 is 3.40 bits per heavy atom. The van der Waals surface area contributed by atoms with E-state index in [9.17, 15) is 4.79 Å². The number of nitrogens with zero attached hydrogens (tertiary/aromatic N) is 2. The van der Waals surface area contributed by atoms with Crippen LogP contribution in [0.2, 0.25) is 0 Å². The molecule has 0 radical (unpaired) electrons. The summed E-state index contributed by atoms with van der Waals surface area (Å²) in [6.45, 7) is 1.80. The Bertz CT molecular complexity index is 509. The molecule has 1 atom stereocenters. The lowest BCUT2D eigenvalue weighted by atomic mass is 10.2. The first-order valence-corrected chi connectivity index (χ1v) is 7.86. The van der Waals surface area contributed by atoms with Crippen LogP contribution in [-0.4, -0.2) is 43.0 Å². The lowest BCUT2D eigenvalue weighted by molar-refractivity contribution is -0.140. The van der Waals surface area contributed by atoms with Crippen LogP contribution in [0.5, 0.6) is 5.75 Å². The van der Waals surface area contributed by atoms with E-state index < -0.39 is 0 Å². The highest BCUT2D eigenvalue weighted by atomic mass is 32.2. The molecule has 0 N–H and O–H groups in total. The van der Waals surface area contributed by atoms with Gasteiger partial charge in [-0.15, -0.1) is 11.8 Å². The first-order chi connectivity index (χ1) is 9.79. The van der Waals surface area contributed by atoms with Crippen molar-refractivity contribution in [2.24, 2.45) is 0 Å². The van der Waals surface area contributed by atoms with Crippen molar-refractivity contribution >= 4 is 23.5 Å². The Kier molecular flexibility index (Phi) is 4.00. The predicted molar refractivity (Wildman–Crippen MR) is 77.5 cm³/mol. The Morgan fingerprint density at radius 2 is 2.55 bits per heavy atom. The molecule has 3 rings (SSSR count). The Labute approximate surface area is 122 Å². The van der Waals surface area contributed by atoms with Crippen molar-refractivity contribution in [2.45, 2.75) is 30.2 Å². The smallest absolute Gasteiger partial charge is 0.306 e. The lowest BCUT2D eigenvalue weighted by Crippen LogP contribution is -2.38. The standard InChI is InChI=1S/C14H18N2O3S/c1-18-12(17)5-8-20-11-4-6-15-14-13(11)19-9-10-3-2-7-16(10)14/h4,6,10H,2-3,5,7-9H2,1H3/t10-/m0/s1. The van der Waals surface area contributed by atoms with E-state index in [1.54, 1.807) is 11.8 Å². The van der Waals surface area contributed by atoms with Gasteiger partial charge in [-0.2, -0.15) is 0 Å². The average molecular weight is 294 g/mol. The molecule has 2 aliphatic heterocycles. The van der Waals surface area contributed by atoms with Crippen LogP contribution >= 0.6 is 11.8 Å². The number of hydrogen-bond donors (Lipinski definition) is 0. The molecule has 20 heavy (non-hydrogen) atoms. The van der Waals surface area contributed by atoms with Gasteiger partial charge in [0.1, 0.15) is 6.61 Å². The largest absolute Gasteiger partial charge is 0.486 e. The summed E-state index contributed by atoms with van der Waals surface area (Å²) in [4.78, 5) is 19.0. The monoisotopic (exact) mass is 294 g/mol. The van der Waals surface area contributed by atoms with Gasteiger partial charge >= 0.3 is 5.97 Å². The zero-order valence-corrected chi connectivity index (χ0v) is 12.3. The first kappa shape index (κ1) is 13.5. The number of carbonyl (C=O) groups is 1. The molecule has 0 spiro atoms. The van der Waals surface area contributed by atoms with Crippen molar-refractivity contribution in [1.82, 2.24) is 4.98 Å². The normalized spacial score (nSPS) is 20.1. The molecule has 5 nitrogen and oxygen atoms in total. The summed E-state index contributed by atoms with van der Waals surface area (Å²) in [6, 6.07) is 2.43. The van der Waals surface area contributed by atoms with Gasteiger partial charge in [0.15, 0.2) is 11.6 Å². The molecule has 1 aromatic heterocycles. The minimum Gasteiger partial charge on any atom is -0.486 e. The molecule has 2 aliphatic rings. The zero-order chi connectivity index (χ0) is 13.9. The third-order valence-corrected chi connectivity index (χ3v) is 4.75. The van der Waals surface area contributed by atoms with Crippen molar-refractivity contribution in [1.29, 1.82) is 0 Å². The third kappa shape index (κ3) is 2.57. The number of fused-ring (bicyclic) bond motifs is 3. The van der Waals surface area contributed by atoms with E-state index in [0.717, 1.165) is 29.6 Å². The lowest BCUT2D eigenvalue weighted by Gasteiger charge is -2.33. The van der Waals surface area contributed by atoms with Gasteiger partial charge < -0.3 is 14.4 Å². The predicted octanol–water partition coefficient (Wildman–Crippen LogP) is 2.10. The topological polar surface area (TPSA) is 51.7 Å². The molecule has 0 unspecified atom stereocenters. The fourth-order valence-electron chi connectivity index (χ4n) is 2.69. The van der Waals surface area contributed by atoms with Crippen molar-refractivity contribution in [3.63, 3.8) is 0 Å². The van der Waals surface area contributed by atoms with Gasteiger partial charge in [0, 0.05) is 18.5 Å². The van der Waals surface area contributed by atoms with Crippen molar-refractivity contribution in [3.8, 4) is 5.75 Å². The molecular formula is C14H18N2O3S. The van der Waals surface area contributed by atoms with Crippen molar-refractivity contribution in [2.75, 3.05) is 30.9 Å². The molecule has 0 aromatic carbocycles. The number of ether oxygens (including phenoxy) is 2. The minimum atomic E-state index is -0.180. The highest BCUT2D eigenvalue weighted by Crippen LogP contribution is 2.42. The molecule has 1 aromatic rings. The number of pyridine rings is 1. The van der Waals surface area contributed by atoms with E-state index in [2.05, 4.69) is 14.6 Å². The van der Waals surface area contributed by atoms with Gasteiger partial charge in [-0.25, -0.2) is 4.98 Å². The number of carbonyl (C=O) groups excluding carboxylic acids is 1. The van der Waals surface area contributed by atoms with Gasteiger partial charge in [-0.3, -0.25) is 4.79 Å². The van der Waals surface area contributed by atoms with Gasteiger partial charge in [-0.1, -0.05) is 0 Å². The number of rotatable bonds is 4. The Balaban J connectivity index is 1.73. The van der Waals surface area contributed by atoms with Gasteiger partial charge in [0.2, 0.25) is 0 Å². The summed E-state index contributed by atoms with van der Waals surface area (Å²) in [5, 5.41) is 0. The quantitative estimate of drug-likeness (QED) is 0.626. The van der Waals surface area contributed by atoms with Crippen LogP contribution in [0.1, 0.15) is 19.3 Å². The van der Waals surface area contributed by atoms with E-state index >= 15 is 0 Å². The minimum absolute atomic E-state index is 0.180. The van der Waals surface area contributed by atoms with Crippen LogP contribution in [0, 0.1) is 0 Å². The average Bonchev–Trinajstić information content (AvgIpc) is 2.96. The van der Waals surface area contributed by atoms with Crippen LogP contribution in [0.3, 0.4) is 0 Å². The number of aromatic nitrogens is 1. The second kappa shape index (κ2) is 5.91. The summed E-state index contributed by atoms with van der Waals surface area (Å²) in [5.74, 6) is 2.35. The van der Waals surface area contributed by atoms with Crippen LogP contribution in [0.25, 0.3) is 0 Å². The summed E-state index contributed by atoms with van der Waals surface area (Å²) in [6.07, 6.45) is 4.61. The van der Waals surface area contributed by atoms with Crippen LogP contribution in [0.4, 0.5) is 5.82 Å². The molecule has 108 valence electrons. The molecule has 1 fully saturated rings. The Morgan fingerprint density at radius 1 is 1.65 bits per heavy atom. The zero-order valence-electron chi connectivity index (χ0n) is 11.5.